The minimum atomic E-state index is 0.375. The van der Waals surface area contributed by atoms with E-state index in [1.807, 2.05) is 12.1 Å². The lowest BCUT2D eigenvalue weighted by molar-refractivity contribution is 0.119. The molecule has 4 atom stereocenters. The zero-order chi connectivity index (χ0) is 24.1. The van der Waals surface area contributed by atoms with E-state index in [1.54, 1.807) is 0 Å². The fourth-order valence-electron chi connectivity index (χ4n) is 6.78. The Labute approximate surface area is 208 Å². The molecule has 1 nitrogen and oxygen atoms in total. The van der Waals surface area contributed by atoms with Crippen molar-refractivity contribution in [1.82, 2.24) is 0 Å². The SMILES string of the molecule is CC(C)CCc1ccccc1Cc1cc(O)cc(C[C@H]2CCC[C@@H]([C@@]3(C)C=CC[C@@H](C)C3)C2)c1. The van der Waals surface area contributed by atoms with Gasteiger partial charge in [-0.05, 0) is 115 Å². The quantitative estimate of drug-likeness (QED) is 0.391. The Kier molecular flexibility index (Phi) is 8.22. The normalized spacial score (nSPS) is 27.3. The molecule has 0 bridgehead atoms. The second-order valence-electron chi connectivity index (χ2n) is 12.3. The van der Waals surface area contributed by atoms with E-state index in [-0.39, 0.29) is 0 Å². The lowest BCUT2D eigenvalue weighted by Gasteiger charge is -2.43. The standard InChI is InChI=1S/C33H46O/c1-24(2)14-15-29-11-5-6-12-30(29)19-28-18-27(21-32(34)22-28)17-26-10-7-13-31(20-26)33(4)16-8-9-25(3)23-33/h5-6,8,11-12,16,18,21-22,24-26,31,34H,7,9-10,13-15,17,19-20,23H2,1-4H3/t25-,26-,31-,33+/m1/s1. The van der Waals surface area contributed by atoms with E-state index in [1.165, 1.54) is 67.2 Å². The first-order valence-electron chi connectivity index (χ1n) is 13.9. The Morgan fingerprint density at radius 2 is 1.79 bits per heavy atom. The van der Waals surface area contributed by atoms with Gasteiger partial charge in [0.15, 0.2) is 0 Å². The number of aromatic hydroxyl groups is 1. The Morgan fingerprint density at radius 1 is 1.03 bits per heavy atom. The van der Waals surface area contributed by atoms with Gasteiger partial charge in [-0.3, -0.25) is 0 Å². The van der Waals surface area contributed by atoms with E-state index < -0.39 is 0 Å². The van der Waals surface area contributed by atoms with E-state index in [9.17, 15) is 5.11 Å². The Bertz CT molecular complexity index is 970. The van der Waals surface area contributed by atoms with Crippen molar-refractivity contribution in [2.75, 3.05) is 0 Å². The third-order valence-electron chi connectivity index (χ3n) is 8.61. The average Bonchev–Trinajstić information content (AvgIpc) is 2.78. The van der Waals surface area contributed by atoms with Gasteiger partial charge in [0.05, 0.1) is 0 Å². The largest absolute Gasteiger partial charge is 0.508 e. The molecule has 0 radical (unpaired) electrons. The molecule has 1 saturated carbocycles. The van der Waals surface area contributed by atoms with E-state index in [2.05, 4.69) is 70.2 Å². The molecule has 1 N–H and O–H groups in total. The van der Waals surface area contributed by atoms with E-state index in [0.29, 0.717) is 17.1 Å². The van der Waals surface area contributed by atoms with Gasteiger partial charge in [0, 0.05) is 0 Å². The smallest absolute Gasteiger partial charge is 0.116 e. The first-order valence-corrected chi connectivity index (χ1v) is 13.9. The second kappa shape index (κ2) is 11.1. The first kappa shape index (κ1) is 25.1. The number of benzene rings is 2. The van der Waals surface area contributed by atoms with E-state index >= 15 is 0 Å². The van der Waals surface area contributed by atoms with Gasteiger partial charge < -0.3 is 5.11 Å². The predicted molar refractivity (Wildman–Crippen MR) is 145 cm³/mol. The van der Waals surface area contributed by atoms with Crippen LogP contribution < -0.4 is 0 Å². The van der Waals surface area contributed by atoms with Crippen molar-refractivity contribution in [2.24, 2.45) is 29.1 Å². The molecule has 0 amide bonds. The molecule has 0 saturated heterocycles. The number of hydrogen-bond acceptors (Lipinski definition) is 1. The number of allylic oxidation sites excluding steroid dienone is 2. The highest BCUT2D eigenvalue weighted by Gasteiger charge is 2.37. The minimum Gasteiger partial charge on any atom is -0.508 e. The van der Waals surface area contributed by atoms with Crippen molar-refractivity contribution in [3.05, 3.63) is 76.9 Å². The summed E-state index contributed by atoms with van der Waals surface area (Å²) in [6.45, 7) is 9.52. The van der Waals surface area contributed by atoms with Crippen LogP contribution in [-0.4, -0.2) is 5.11 Å². The average molecular weight is 459 g/mol. The van der Waals surface area contributed by atoms with Crippen molar-refractivity contribution in [1.29, 1.82) is 0 Å². The van der Waals surface area contributed by atoms with Crippen LogP contribution in [0.1, 0.15) is 94.9 Å². The number of phenolic OH excluding ortho intramolecular Hbond substituents is 1. The van der Waals surface area contributed by atoms with Gasteiger partial charge in [-0.25, -0.2) is 0 Å². The fourth-order valence-corrected chi connectivity index (χ4v) is 6.78. The lowest BCUT2D eigenvalue weighted by Crippen LogP contribution is -2.33. The molecule has 0 spiro atoms. The maximum Gasteiger partial charge on any atom is 0.116 e. The van der Waals surface area contributed by atoms with Crippen molar-refractivity contribution >= 4 is 0 Å². The summed E-state index contributed by atoms with van der Waals surface area (Å²) in [6.07, 6.45) is 17.3. The molecular weight excluding hydrogens is 412 g/mol. The van der Waals surface area contributed by atoms with E-state index in [0.717, 1.165) is 37.0 Å². The lowest BCUT2D eigenvalue weighted by atomic mass is 9.61. The molecule has 1 fully saturated rings. The summed E-state index contributed by atoms with van der Waals surface area (Å²) in [5.41, 5.74) is 5.80. The Balaban J connectivity index is 1.45. The topological polar surface area (TPSA) is 20.2 Å². The van der Waals surface area contributed by atoms with Crippen LogP contribution in [0.2, 0.25) is 0 Å². The monoisotopic (exact) mass is 458 g/mol. The summed E-state index contributed by atoms with van der Waals surface area (Å²) in [4.78, 5) is 0. The van der Waals surface area contributed by atoms with Gasteiger partial charge in [-0.1, -0.05) is 83.0 Å². The summed E-state index contributed by atoms with van der Waals surface area (Å²) in [5.74, 6) is 3.49. The number of hydrogen-bond donors (Lipinski definition) is 1. The molecule has 1 heteroatoms. The summed E-state index contributed by atoms with van der Waals surface area (Å²) in [7, 11) is 0. The van der Waals surface area contributed by atoms with Crippen molar-refractivity contribution in [2.45, 2.75) is 91.9 Å². The van der Waals surface area contributed by atoms with Gasteiger partial charge in [-0.15, -0.1) is 0 Å². The van der Waals surface area contributed by atoms with E-state index in [4.69, 9.17) is 0 Å². The molecule has 2 aliphatic rings. The second-order valence-corrected chi connectivity index (χ2v) is 12.3. The Morgan fingerprint density at radius 3 is 2.56 bits per heavy atom. The summed E-state index contributed by atoms with van der Waals surface area (Å²) >= 11 is 0. The van der Waals surface area contributed by atoms with Crippen LogP contribution in [0.4, 0.5) is 0 Å². The molecule has 4 rings (SSSR count). The first-order chi connectivity index (χ1) is 16.3. The van der Waals surface area contributed by atoms with Gasteiger partial charge in [0.2, 0.25) is 0 Å². The van der Waals surface area contributed by atoms with Gasteiger partial charge in [-0.2, -0.15) is 0 Å². The van der Waals surface area contributed by atoms with Crippen LogP contribution in [-0.2, 0) is 19.3 Å². The molecule has 184 valence electrons. The van der Waals surface area contributed by atoms with Crippen LogP contribution in [0.3, 0.4) is 0 Å². The molecule has 0 unspecified atom stereocenters. The van der Waals surface area contributed by atoms with Crippen molar-refractivity contribution < 1.29 is 5.11 Å². The van der Waals surface area contributed by atoms with Gasteiger partial charge in [0.1, 0.15) is 5.75 Å². The molecular formula is C33H46O. The van der Waals surface area contributed by atoms with Crippen LogP contribution in [0, 0.1) is 29.1 Å². The van der Waals surface area contributed by atoms with Gasteiger partial charge in [0.25, 0.3) is 0 Å². The van der Waals surface area contributed by atoms with Gasteiger partial charge >= 0.3 is 0 Å². The molecule has 0 heterocycles. The minimum absolute atomic E-state index is 0.375. The predicted octanol–water partition coefficient (Wildman–Crippen LogP) is 8.91. The third kappa shape index (κ3) is 6.55. The summed E-state index contributed by atoms with van der Waals surface area (Å²) < 4.78 is 0. The highest BCUT2D eigenvalue weighted by atomic mass is 16.3. The fraction of sp³-hybridized carbons (Fsp3) is 0.576. The number of phenols is 1. The van der Waals surface area contributed by atoms with Crippen LogP contribution in [0.5, 0.6) is 5.75 Å². The molecule has 0 aliphatic heterocycles. The highest BCUT2D eigenvalue weighted by molar-refractivity contribution is 5.39. The third-order valence-corrected chi connectivity index (χ3v) is 8.61. The maximum atomic E-state index is 10.6. The van der Waals surface area contributed by atoms with Crippen LogP contribution in [0.15, 0.2) is 54.6 Å². The molecule has 0 aromatic heterocycles. The Hall–Kier alpha value is -2.02. The maximum absolute atomic E-state index is 10.6. The highest BCUT2D eigenvalue weighted by Crippen LogP contribution is 2.48. The summed E-state index contributed by atoms with van der Waals surface area (Å²) in [6, 6.07) is 15.2. The molecule has 34 heavy (non-hydrogen) atoms. The van der Waals surface area contributed by atoms with Crippen molar-refractivity contribution in [3.8, 4) is 5.75 Å². The number of aryl methyl sites for hydroxylation is 1. The van der Waals surface area contributed by atoms with Crippen molar-refractivity contribution in [3.63, 3.8) is 0 Å². The molecule has 2 aromatic carbocycles. The van der Waals surface area contributed by atoms with Crippen LogP contribution >= 0.6 is 0 Å². The molecule has 2 aromatic rings. The molecule has 2 aliphatic carbocycles. The number of rotatable bonds is 8. The zero-order valence-corrected chi connectivity index (χ0v) is 22.0. The van der Waals surface area contributed by atoms with Crippen LogP contribution in [0.25, 0.3) is 0 Å². The zero-order valence-electron chi connectivity index (χ0n) is 22.0. The summed E-state index contributed by atoms with van der Waals surface area (Å²) in [5, 5.41) is 10.6.